The molecule has 6 nitrogen and oxygen atoms in total. The second kappa shape index (κ2) is 10.3. The van der Waals surface area contributed by atoms with Crippen molar-refractivity contribution < 1.29 is 19.4 Å². The largest absolute Gasteiger partial charge is 0.494 e. The maximum absolute atomic E-state index is 11.9. The Morgan fingerprint density at radius 1 is 1.10 bits per heavy atom. The van der Waals surface area contributed by atoms with Gasteiger partial charge in [-0.2, -0.15) is 0 Å². The maximum atomic E-state index is 11.9. The number of carbonyl (C=O) groups is 1. The minimum absolute atomic E-state index is 0.133. The Kier molecular flexibility index (Phi) is 7.30. The van der Waals surface area contributed by atoms with Crippen molar-refractivity contribution in [1.29, 1.82) is 0 Å². The number of hydrogen-bond acceptors (Lipinski definition) is 5. The smallest absolute Gasteiger partial charge is 0.337 e. The summed E-state index contributed by atoms with van der Waals surface area (Å²) in [6, 6.07) is 9.61. The van der Waals surface area contributed by atoms with Crippen LogP contribution in [0.2, 0.25) is 0 Å². The summed E-state index contributed by atoms with van der Waals surface area (Å²) in [5, 5.41) is 11.8. The van der Waals surface area contributed by atoms with Gasteiger partial charge in [0.05, 0.1) is 24.0 Å². The van der Waals surface area contributed by atoms with E-state index >= 15 is 0 Å². The van der Waals surface area contributed by atoms with Crippen LogP contribution in [-0.2, 0) is 4.74 Å². The van der Waals surface area contributed by atoms with E-state index in [0.29, 0.717) is 18.7 Å². The number of hydrogen-bond donors (Lipinski definition) is 1. The first kappa shape index (κ1) is 21.9. The number of nitrogens with zero attached hydrogens (tertiary/aromatic N) is 2. The molecular formula is C25H34N2O4. The van der Waals surface area contributed by atoms with Crippen LogP contribution in [0.1, 0.15) is 48.9 Å². The number of likely N-dealkylation sites (tertiary alicyclic amines) is 1. The van der Waals surface area contributed by atoms with Crippen LogP contribution in [0, 0.1) is 0 Å². The van der Waals surface area contributed by atoms with E-state index in [0.717, 1.165) is 54.6 Å². The highest BCUT2D eigenvalue weighted by molar-refractivity contribution is 6.06. The van der Waals surface area contributed by atoms with E-state index in [1.54, 1.807) is 13.2 Å². The summed E-state index contributed by atoms with van der Waals surface area (Å²) >= 11 is 0. The third-order valence-corrected chi connectivity index (χ3v) is 6.56. The van der Waals surface area contributed by atoms with Gasteiger partial charge in [0.25, 0.3) is 0 Å². The summed E-state index contributed by atoms with van der Waals surface area (Å²) in [7, 11) is 1.73. The molecule has 6 heteroatoms. The van der Waals surface area contributed by atoms with E-state index in [4.69, 9.17) is 9.47 Å². The van der Waals surface area contributed by atoms with E-state index in [2.05, 4.69) is 9.80 Å². The van der Waals surface area contributed by atoms with Gasteiger partial charge in [0.1, 0.15) is 5.75 Å². The summed E-state index contributed by atoms with van der Waals surface area (Å²) in [6.07, 6.45) is 7.14. The zero-order valence-corrected chi connectivity index (χ0v) is 18.5. The minimum atomic E-state index is -0.894. The van der Waals surface area contributed by atoms with Gasteiger partial charge in [0, 0.05) is 32.1 Å². The number of rotatable bonds is 8. The number of carboxylic acids is 1. The highest BCUT2D eigenvalue weighted by atomic mass is 16.5. The first-order chi connectivity index (χ1) is 15.2. The van der Waals surface area contributed by atoms with Gasteiger partial charge < -0.3 is 24.4 Å². The fraction of sp³-hybridized carbons (Fsp3) is 0.560. The lowest BCUT2D eigenvalue weighted by Gasteiger charge is -2.35. The Morgan fingerprint density at radius 2 is 1.94 bits per heavy atom. The topological polar surface area (TPSA) is 62.2 Å². The van der Waals surface area contributed by atoms with E-state index in [1.807, 2.05) is 24.3 Å². The molecule has 168 valence electrons. The highest BCUT2D eigenvalue weighted by Gasteiger charge is 2.25. The molecule has 4 rings (SSSR count). The molecule has 0 amide bonds. The molecule has 2 fully saturated rings. The fourth-order valence-electron chi connectivity index (χ4n) is 4.89. The van der Waals surface area contributed by atoms with Crippen LogP contribution in [-0.4, -0.2) is 68.5 Å². The summed E-state index contributed by atoms with van der Waals surface area (Å²) < 4.78 is 11.6. The monoisotopic (exact) mass is 426 g/mol. The standard InChI is InChI=1S/C25H34N2O4/c1-30-21-7-5-15-27(18-21)24-22-11-9-20(17-19(22)8-10-23(24)25(28)29)31-16-6-14-26-12-3-2-4-13-26/h8-11,17,21H,2-7,12-16,18H2,1H3,(H,28,29). The van der Waals surface area contributed by atoms with Crippen molar-refractivity contribution in [1.82, 2.24) is 4.90 Å². The second-order valence-corrected chi connectivity index (χ2v) is 8.70. The van der Waals surface area contributed by atoms with Gasteiger partial charge >= 0.3 is 5.97 Å². The molecule has 2 aromatic carbocycles. The Bertz CT molecular complexity index is 894. The number of ether oxygens (including phenoxy) is 2. The molecule has 2 aliphatic heterocycles. The molecule has 2 aromatic rings. The quantitative estimate of drug-likeness (QED) is 0.631. The molecule has 0 saturated carbocycles. The summed E-state index contributed by atoms with van der Waals surface area (Å²) in [6.45, 7) is 5.77. The summed E-state index contributed by atoms with van der Waals surface area (Å²) in [5.74, 6) is -0.0527. The molecule has 0 aromatic heterocycles. The van der Waals surface area contributed by atoms with Crippen molar-refractivity contribution in [2.45, 2.75) is 44.6 Å². The Hall–Kier alpha value is -2.31. The second-order valence-electron chi connectivity index (χ2n) is 8.70. The first-order valence-corrected chi connectivity index (χ1v) is 11.6. The molecule has 0 spiro atoms. The number of methoxy groups -OCH3 is 1. The molecule has 2 heterocycles. The van der Waals surface area contributed by atoms with Crippen LogP contribution in [0.15, 0.2) is 30.3 Å². The molecule has 0 bridgehead atoms. The van der Waals surface area contributed by atoms with Gasteiger partial charge in [-0.25, -0.2) is 4.79 Å². The lowest BCUT2D eigenvalue weighted by molar-refractivity contribution is 0.0695. The molecule has 1 atom stereocenters. The zero-order valence-electron chi connectivity index (χ0n) is 18.5. The van der Waals surface area contributed by atoms with Crippen molar-refractivity contribution in [2.24, 2.45) is 0 Å². The summed E-state index contributed by atoms with van der Waals surface area (Å²) in [4.78, 5) is 16.6. The van der Waals surface area contributed by atoms with Crippen molar-refractivity contribution >= 4 is 22.4 Å². The highest BCUT2D eigenvalue weighted by Crippen LogP contribution is 2.35. The summed E-state index contributed by atoms with van der Waals surface area (Å²) in [5.41, 5.74) is 1.14. The van der Waals surface area contributed by atoms with E-state index in [9.17, 15) is 9.90 Å². The lowest BCUT2D eigenvalue weighted by atomic mass is 9.99. The molecule has 1 unspecified atom stereocenters. The van der Waals surface area contributed by atoms with Crippen molar-refractivity contribution in [3.63, 3.8) is 0 Å². The molecule has 1 N–H and O–H groups in total. The van der Waals surface area contributed by atoms with E-state index in [1.165, 1.54) is 32.4 Å². The molecule has 0 aliphatic carbocycles. The number of anilines is 1. The Morgan fingerprint density at radius 3 is 2.71 bits per heavy atom. The van der Waals surface area contributed by atoms with Crippen LogP contribution < -0.4 is 9.64 Å². The Balaban J connectivity index is 1.49. The lowest BCUT2D eigenvalue weighted by Crippen LogP contribution is -2.40. The molecule has 0 radical (unpaired) electrons. The van der Waals surface area contributed by atoms with Gasteiger partial charge in [-0.3, -0.25) is 0 Å². The average Bonchev–Trinajstić information content (AvgIpc) is 2.81. The number of fused-ring (bicyclic) bond motifs is 1. The fourth-order valence-corrected chi connectivity index (χ4v) is 4.89. The molecule has 31 heavy (non-hydrogen) atoms. The third kappa shape index (κ3) is 5.31. The van der Waals surface area contributed by atoms with E-state index in [-0.39, 0.29) is 6.10 Å². The number of aromatic carboxylic acids is 1. The molecule has 2 saturated heterocycles. The normalized spacial score (nSPS) is 20.2. The molecule has 2 aliphatic rings. The Labute approximate surface area is 184 Å². The van der Waals surface area contributed by atoms with Gasteiger partial charge in [-0.05, 0) is 74.8 Å². The van der Waals surface area contributed by atoms with Gasteiger partial charge in [0.2, 0.25) is 0 Å². The van der Waals surface area contributed by atoms with Gasteiger partial charge in [0.15, 0.2) is 0 Å². The van der Waals surface area contributed by atoms with E-state index < -0.39 is 5.97 Å². The van der Waals surface area contributed by atoms with Crippen molar-refractivity contribution in [3.8, 4) is 5.75 Å². The van der Waals surface area contributed by atoms with Crippen LogP contribution in [0.4, 0.5) is 5.69 Å². The van der Waals surface area contributed by atoms with Crippen molar-refractivity contribution in [3.05, 3.63) is 35.9 Å². The van der Waals surface area contributed by atoms with Gasteiger partial charge in [-0.1, -0.05) is 12.5 Å². The van der Waals surface area contributed by atoms with Gasteiger partial charge in [-0.15, -0.1) is 0 Å². The van der Waals surface area contributed by atoms with Crippen LogP contribution in [0.5, 0.6) is 5.75 Å². The predicted molar refractivity (Wildman–Crippen MR) is 124 cm³/mol. The van der Waals surface area contributed by atoms with Crippen LogP contribution in [0.3, 0.4) is 0 Å². The molecular weight excluding hydrogens is 392 g/mol. The predicted octanol–water partition coefficient (Wildman–Crippen LogP) is 4.41. The minimum Gasteiger partial charge on any atom is -0.494 e. The third-order valence-electron chi connectivity index (χ3n) is 6.56. The maximum Gasteiger partial charge on any atom is 0.337 e. The SMILES string of the molecule is COC1CCCN(c2c(C(=O)O)ccc3cc(OCCCN4CCCCC4)ccc23)C1. The van der Waals surface area contributed by atoms with Crippen LogP contribution >= 0.6 is 0 Å². The first-order valence-electron chi connectivity index (χ1n) is 11.6. The number of benzene rings is 2. The average molecular weight is 427 g/mol. The van der Waals surface area contributed by atoms with Crippen LogP contribution in [0.25, 0.3) is 10.8 Å². The number of piperidine rings is 2. The zero-order chi connectivity index (χ0) is 21.6. The number of carboxylic acid groups (broad SMARTS) is 1. The van der Waals surface area contributed by atoms with Crippen molar-refractivity contribution in [2.75, 3.05) is 51.3 Å².